The van der Waals surface area contributed by atoms with Crippen LogP contribution in [0.1, 0.15) is 0 Å². The molecule has 0 heterocycles. The molecule has 0 aromatic rings. The molecule has 0 spiro atoms. The summed E-state index contributed by atoms with van der Waals surface area (Å²) in [6.07, 6.45) is 2.58. The highest BCUT2D eigenvalue weighted by Crippen LogP contribution is 2.24. The average molecular weight is 195 g/mol. The molecule has 0 aromatic carbocycles. The minimum Gasteiger partial charge on any atom is -0.495 e. The predicted molar refractivity (Wildman–Crippen MR) is 48.4 cm³/mol. The lowest BCUT2D eigenvalue weighted by molar-refractivity contribution is -0.116. The Labute approximate surface area is 79.4 Å². The zero-order chi connectivity index (χ0) is 10.9. The van der Waals surface area contributed by atoms with Crippen LogP contribution in [0.3, 0.4) is 0 Å². The van der Waals surface area contributed by atoms with E-state index in [2.05, 4.69) is 0 Å². The Morgan fingerprint density at radius 3 is 2.00 bits per heavy atom. The van der Waals surface area contributed by atoms with Crippen LogP contribution in [0.15, 0.2) is 34.8 Å². The third kappa shape index (κ3) is 1.45. The maximum absolute atomic E-state index is 10.9. The van der Waals surface area contributed by atoms with Gasteiger partial charge in [0.1, 0.15) is 0 Å². The largest absolute Gasteiger partial charge is 0.495 e. The van der Waals surface area contributed by atoms with Gasteiger partial charge in [-0.05, 0) is 12.2 Å². The first-order chi connectivity index (χ1) is 6.45. The van der Waals surface area contributed by atoms with Gasteiger partial charge in [-0.15, -0.1) is 0 Å². The second-order valence-corrected chi connectivity index (χ2v) is 2.65. The number of allylic oxidation sites excluding steroid dienone is 1. The van der Waals surface area contributed by atoms with E-state index >= 15 is 0 Å². The number of aliphatic hydroxyl groups is 1. The quantitative estimate of drug-likeness (QED) is 0.401. The van der Waals surface area contributed by atoms with E-state index in [1.807, 2.05) is 0 Å². The van der Waals surface area contributed by atoms with E-state index in [-0.39, 0.29) is 16.7 Å². The smallest absolute Gasteiger partial charge is 0.250 e. The van der Waals surface area contributed by atoms with Crippen molar-refractivity contribution in [3.05, 3.63) is 34.8 Å². The molecule has 1 rings (SSSR count). The molecule has 74 valence electrons. The molecule has 0 aliphatic heterocycles. The summed E-state index contributed by atoms with van der Waals surface area (Å²) in [4.78, 5) is 21.8. The number of primary amides is 2. The van der Waals surface area contributed by atoms with E-state index in [0.29, 0.717) is 0 Å². The van der Waals surface area contributed by atoms with Crippen LogP contribution in [0.5, 0.6) is 0 Å². The van der Waals surface area contributed by atoms with Crippen molar-refractivity contribution >= 4 is 11.8 Å². The van der Waals surface area contributed by atoms with Crippen LogP contribution in [0.25, 0.3) is 0 Å². The minimum atomic E-state index is -0.865. The number of carbonyl (C=O) groups excluding carboxylic acids is 2. The van der Waals surface area contributed by atoms with Crippen molar-refractivity contribution in [1.29, 1.82) is 0 Å². The Hall–Kier alpha value is -2.24. The van der Waals surface area contributed by atoms with Crippen molar-refractivity contribution in [1.82, 2.24) is 0 Å². The normalized spacial score (nSPS) is 18.6. The lowest BCUT2D eigenvalue weighted by atomic mass is 10.1. The first-order valence-corrected chi connectivity index (χ1v) is 3.66. The highest BCUT2D eigenvalue weighted by molar-refractivity contribution is 6.10. The molecule has 2 amide bonds. The van der Waals surface area contributed by atoms with Gasteiger partial charge >= 0.3 is 0 Å². The Morgan fingerprint density at radius 2 is 1.64 bits per heavy atom. The van der Waals surface area contributed by atoms with E-state index in [9.17, 15) is 9.59 Å². The SMILES string of the molecule is NC(=O)C1=C(C(N)=O)/C(=C(/N)O)C=C1. The molecule has 1 aliphatic carbocycles. The number of carbonyl (C=O) groups is 2. The lowest BCUT2D eigenvalue weighted by Gasteiger charge is -2.02. The number of nitrogens with two attached hydrogens (primary N) is 3. The lowest BCUT2D eigenvalue weighted by Crippen LogP contribution is -2.22. The highest BCUT2D eigenvalue weighted by Gasteiger charge is 2.24. The highest BCUT2D eigenvalue weighted by atomic mass is 16.3. The van der Waals surface area contributed by atoms with Gasteiger partial charge in [-0.1, -0.05) is 0 Å². The molecule has 1 aliphatic rings. The van der Waals surface area contributed by atoms with Gasteiger partial charge in [0.2, 0.25) is 11.8 Å². The van der Waals surface area contributed by atoms with Gasteiger partial charge in [0.05, 0.1) is 11.1 Å². The van der Waals surface area contributed by atoms with Gasteiger partial charge in [-0.3, -0.25) is 9.59 Å². The number of rotatable bonds is 2. The second kappa shape index (κ2) is 3.25. The number of hydrogen-bond donors (Lipinski definition) is 4. The van der Waals surface area contributed by atoms with Crippen molar-refractivity contribution in [2.24, 2.45) is 17.2 Å². The van der Waals surface area contributed by atoms with Crippen molar-refractivity contribution in [3.8, 4) is 0 Å². The Bertz CT molecular complexity index is 400. The van der Waals surface area contributed by atoms with Gasteiger partial charge in [-0.2, -0.15) is 0 Å². The third-order valence-corrected chi connectivity index (χ3v) is 1.74. The minimum absolute atomic E-state index is 0.0197. The molecule has 6 heteroatoms. The van der Waals surface area contributed by atoms with E-state index < -0.39 is 17.7 Å². The van der Waals surface area contributed by atoms with Gasteiger partial charge in [0, 0.05) is 5.57 Å². The predicted octanol–water partition coefficient (Wildman–Crippen LogP) is -1.45. The monoisotopic (exact) mass is 195 g/mol. The Morgan fingerprint density at radius 1 is 1.07 bits per heavy atom. The number of hydrogen-bond acceptors (Lipinski definition) is 4. The molecule has 0 bridgehead atoms. The summed E-state index contributed by atoms with van der Waals surface area (Å²) < 4.78 is 0. The topological polar surface area (TPSA) is 132 Å². The average Bonchev–Trinajstić information content (AvgIpc) is 2.46. The van der Waals surface area contributed by atoms with E-state index in [4.69, 9.17) is 22.3 Å². The van der Waals surface area contributed by atoms with Gasteiger partial charge in [0.25, 0.3) is 0 Å². The molecule has 7 N–H and O–H groups in total. The molecule has 0 unspecified atom stereocenters. The third-order valence-electron chi connectivity index (χ3n) is 1.74. The summed E-state index contributed by atoms with van der Waals surface area (Å²) in [5, 5.41) is 8.98. The van der Waals surface area contributed by atoms with Crippen molar-refractivity contribution in [2.45, 2.75) is 0 Å². The molecule has 0 aromatic heterocycles. The van der Waals surface area contributed by atoms with Crippen LogP contribution < -0.4 is 17.2 Å². The molecule has 6 nitrogen and oxygen atoms in total. The molecule has 0 atom stereocenters. The Balaban J connectivity index is 3.37. The van der Waals surface area contributed by atoms with E-state index in [0.717, 1.165) is 0 Å². The van der Waals surface area contributed by atoms with E-state index in [1.54, 1.807) is 0 Å². The van der Waals surface area contributed by atoms with Crippen LogP contribution in [-0.4, -0.2) is 16.9 Å². The first kappa shape index (κ1) is 9.85. The fourth-order valence-corrected chi connectivity index (χ4v) is 1.16. The number of amides is 2. The summed E-state index contributed by atoms with van der Waals surface area (Å²) in [6, 6.07) is 0. The molecular formula is C8H9N3O3. The summed E-state index contributed by atoms with van der Waals surface area (Å²) in [5.74, 6) is -2.24. The fourth-order valence-electron chi connectivity index (χ4n) is 1.16. The van der Waals surface area contributed by atoms with Crippen molar-refractivity contribution in [3.63, 3.8) is 0 Å². The second-order valence-electron chi connectivity index (χ2n) is 2.65. The zero-order valence-corrected chi connectivity index (χ0v) is 7.15. The summed E-state index contributed by atoms with van der Waals surface area (Å²) in [5.41, 5.74) is 14.9. The van der Waals surface area contributed by atoms with Crippen molar-refractivity contribution in [2.75, 3.05) is 0 Å². The molecule has 0 radical (unpaired) electrons. The standard InChI is InChI=1S/C8H9N3O3/c9-6(12)3-1-2-4(7(10)13)5(3)8(11)14/h1-2,12H,9H2,(H2,10,13)(H2,11,14)/b6-3-. The summed E-state index contributed by atoms with van der Waals surface area (Å²) >= 11 is 0. The molecule has 0 fully saturated rings. The maximum atomic E-state index is 10.9. The number of aliphatic hydroxyl groups excluding tert-OH is 1. The maximum Gasteiger partial charge on any atom is 0.250 e. The fraction of sp³-hybridized carbons (Fsp3) is 0. The van der Waals surface area contributed by atoms with Crippen LogP contribution in [-0.2, 0) is 9.59 Å². The van der Waals surface area contributed by atoms with Crippen molar-refractivity contribution < 1.29 is 14.7 Å². The van der Waals surface area contributed by atoms with Gasteiger partial charge < -0.3 is 22.3 Å². The molecule has 0 saturated heterocycles. The van der Waals surface area contributed by atoms with Gasteiger partial charge in [0.15, 0.2) is 5.88 Å². The van der Waals surface area contributed by atoms with Crippen LogP contribution in [0.4, 0.5) is 0 Å². The van der Waals surface area contributed by atoms with E-state index in [1.165, 1.54) is 12.2 Å². The van der Waals surface area contributed by atoms with Crippen LogP contribution in [0, 0.1) is 0 Å². The molecule has 14 heavy (non-hydrogen) atoms. The van der Waals surface area contributed by atoms with Gasteiger partial charge in [-0.25, -0.2) is 0 Å². The first-order valence-electron chi connectivity index (χ1n) is 3.66. The zero-order valence-electron chi connectivity index (χ0n) is 7.15. The summed E-state index contributed by atoms with van der Waals surface area (Å²) in [7, 11) is 0. The van der Waals surface area contributed by atoms with Crippen LogP contribution in [0.2, 0.25) is 0 Å². The Kier molecular flexibility index (Phi) is 2.29. The molecular weight excluding hydrogens is 186 g/mol. The van der Waals surface area contributed by atoms with Crippen LogP contribution >= 0.6 is 0 Å². The molecule has 0 saturated carbocycles. The summed E-state index contributed by atoms with van der Waals surface area (Å²) in [6.45, 7) is 0.